The van der Waals surface area contributed by atoms with Gasteiger partial charge < -0.3 is 41.0 Å². The van der Waals surface area contributed by atoms with E-state index in [4.69, 9.17) is 15.6 Å². The van der Waals surface area contributed by atoms with Crippen molar-refractivity contribution >= 4 is 58.9 Å². The third-order valence-corrected chi connectivity index (χ3v) is 5.87. The first kappa shape index (κ1) is 50.6. The maximum Gasteiger partial charge on any atom is 0.325 e. The summed E-state index contributed by atoms with van der Waals surface area (Å²) in [5.74, 6) is -3.54. The number of carbonyl (C=O) groups excluding carboxylic acids is 9. The van der Waals surface area contributed by atoms with Crippen molar-refractivity contribution in [2.24, 2.45) is 5.73 Å². The zero-order valence-corrected chi connectivity index (χ0v) is 30.6. The second kappa shape index (κ2) is 31.3. The third-order valence-electron chi connectivity index (χ3n) is 5.87. The van der Waals surface area contributed by atoms with Gasteiger partial charge in [-0.05, 0) is 53.4 Å². The molecule has 0 spiro atoms. The number of ketones is 3. The van der Waals surface area contributed by atoms with E-state index in [9.17, 15) is 47.9 Å². The molecule has 0 aliphatic rings. The largest absolute Gasteiger partial charge is 0.481 e. The fourth-order valence-electron chi connectivity index (χ4n) is 3.23. The Morgan fingerprint density at radius 2 is 0.961 bits per heavy atom. The number of nitrogens with two attached hydrogens (primary N) is 1. The molecular weight excluding hydrogens is 676 g/mol. The molecule has 0 bridgehead atoms. The SMILES string of the molecule is CC(C)(C)OC(=O)CNC(=O)CCC(=O)CN.COC(=O)CCCCC(=O)NCC(=O)CCC(=O)NCC(C)=O.COC(=O)CCCCC(=O)O. The molecule has 0 saturated heterocycles. The van der Waals surface area contributed by atoms with Gasteiger partial charge in [0.25, 0.3) is 0 Å². The van der Waals surface area contributed by atoms with Crippen molar-refractivity contribution in [3.63, 3.8) is 0 Å². The van der Waals surface area contributed by atoms with Crippen LogP contribution in [0.15, 0.2) is 0 Å². The van der Waals surface area contributed by atoms with Gasteiger partial charge in [0, 0.05) is 51.4 Å². The summed E-state index contributed by atoms with van der Waals surface area (Å²) >= 11 is 0. The van der Waals surface area contributed by atoms with Gasteiger partial charge in [-0.3, -0.25) is 47.9 Å². The Labute approximate surface area is 298 Å². The lowest BCUT2D eigenvalue weighted by Gasteiger charge is -2.19. The smallest absolute Gasteiger partial charge is 0.325 e. The van der Waals surface area contributed by atoms with Crippen LogP contribution in [0.25, 0.3) is 0 Å². The van der Waals surface area contributed by atoms with Gasteiger partial charge in [0.2, 0.25) is 17.7 Å². The zero-order chi connectivity index (χ0) is 39.8. The maximum absolute atomic E-state index is 11.5. The van der Waals surface area contributed by atoms with Gasteiger partial charge in [-0.15, -0.1) is 0 Å². The van der Waals surface area contributed by atoms with Crippen LogP contribution in [0.5, 0.6) is 0 Å². The van der Waals surface area contributed by atoms with E-state index in [1.54, 1.807) is 20.8 Å². The first-order chi connectivity index (χ1) is 23.8. The van der Waals surface area contributed by atoms with E-state index in [0.29, 0.717) is 32.1 Å². The Morgan fingerprint density at radius 1 is 0.549 bits per heavy atom. The Bertz CT molecular complexity index is 1150. The number of nitrogens with one attached hydrogen (secondary N) is 3. The number of methoxy groups -OCH3 is 2. The molecule has 3 amide bonds. The summed E-state index contributed by atoms with van der Waals surface area (Å²) in [6.07, 6.45) is 3.24. The first-order valence-electron chi connectivity index (χ1n) is 16.4. The average Bonchev–Trinajstić information content (AvgIpc) is 3.06. The fourth-order valence-corrected chi connectivity index (χ4v) is 3.23. The van der Waals surface area contributed by atoms with Gasteiger partial charge in [-0.25, -0.2) is 0 Å². The lowest BCUT2D eigenvalue weighted by atomic mass is 10.1. The first-order valence-corrected chi connectivity index (χ1v) is 16.4. The van der Waals surface area contributed by atoms with Crippen LogP contribution in [-0.4, -0.2) is 110 Å². The van der Waals surface area contributed by atoms with Crippen LogP contribution in [0, 0.1) is 0 Å². The number of carboxylic acids is 1. The number of aliphatic carboxylic acids is 1. The maximum atomic E-state index is 11.5. The molecule has 0 unspecified atom stereocenters. The van der Waals surface area contributed by atoms with Crippen LogP contribution in [0.2, 0.25) is 0 Å². The molecule has 0 rings (SSSR count). The van der Waals surface area contributed by atoms with Crippen LogP contribution in [0.1, 0.15) is 105 Å². The molecule has 0 atom stereocenters. The zero-order valence-electron chi connectivity index (χ0n) is 30.6. The predicted molar refractivity (Wildman–Crippen MR) is 182 cm³/mol. The second-order valence-electron chi connectivity index (χ2n) is 11.9. The van der Waals surface area contributed by atoms with Crippen molar-refractivity contribution in [3.05, 3.63) is 0 Å². The van der Waals surface area contributed by atoms with Crippen molar-refractivity contribution in [1.29, 1.82) is 0 Å². The van der Waals surface area contributed by atoms with Crippen molar-refractivity contribution in [3.8, 4) is 0 Å². The van der Waals surface area contributed by atoms with Crippen LogP contribution >= 0.6 is 0 Å². The number of carbonyl (C=O) groups is 10. The van der Waals surface area contributed by atoms with Gasteiger partial charge in [0.05, 0.1) is 33.9 Å². The molecule has 0 aromatic heterocycles. The molecule has 0 aliphatic heterocycles. The van der Waals surface area contributed by atoms with E-state index in [2.05, 4.69) is 25.4 Å². The van der Waals surface area contributed by atoms with Gasteiger partial charge in [0.15, 0.2) is 5.78 Å². The van der Waals surface area contributed by atoms with E-state index in [0.717, 1.165) is 0 Å². The molecule has 51 heavy (non-hydrogen) atoms. The summed E-state index contributed by atoms with van der Waals surface area (Å²) in [6.45, 7) is 6.15. The molecular formula is C33H56N4O14. The number of carboxylic acid groups (broad SMARTS) is 1. The average molecular weight is 733 g/mol. The molecule has 0 heterocycles. The number of hydrogen-bond donors (Lipinski definition) is 5. The number of amides is 3. The molecule has 0 fully saturated rings. The monoisotopic (exact) mass is 732 g/mol. The topological polar surface area (TPSA) is 281 Å². The highest BCUT2D eigenvalue weighted by molar-refractivity contribution is 5.90. The van der Waals surface area contributed by atoms with Crippen molar-refractivity contribution in [2.75, 3.05) is 40.4 Å². The number of ether oxygens (including phenoxy) is 3. The molecule has 0 aliphatic carbocycles. The Hall–Kier alpha value is -4.74. The van der Waals surface area contributed by atoms with E-state index in [1.807, 2.05) is 0 Å². The predicted octanol–water partition coefficient (Wildman–Crippen LogP) is 0.447. The number of esters is 3. The Kier molecular flexibility index (Phi) is 31.0. The van der Waals surface area contributed by atoms with Crippen LogP contribution < -0.4 is 21.7 Å². The van der Waals surface area contributed by atoms with Gasteiger partial charge in [-0.1, -0.05) is 0 Å². The second-order valence-corrected chi connectivity index (χ2v) is 11.9. The molecule has 18 heteroatoms. The molecule has 0 aromatic rings. The van der Waals surface area contributed by atoms with Crippen molar-refractivity contribution in [2.45, 2.75) is 110 Å². The number of hydrogen-bond acceptors (Lipinski definition) is 14. The van der Waals surface area contributed by atoms with Crippen molar-refractivity contribution in [1.82, 2.24) is 16.0 Å². The molecule has 18 nitrogen and oxygen atoms in total. The highest BCUT2D eigenvalue weighted by atomic mass is 16.6. The summed E-state index contributed by atoms with van der Waals surface area (Å²) in [5, 5.41) is 15.5. The third kappa shape index (κ3) is 41.3. The van der Waals surface area contributed by atoms with Crippen LogP contribution in [-0.2, 0) is 62.2 Å². The summed E-state index contributed by atoms with van der Waals surface area (Å²) in [5.41, 5.74) is 4.52. The van der Waals surface area contributed by atoms with E-state index < -0.39 is 17.5 Å². The van der Waals surface area contributed by atoms with E-state index in [1.165, 1.54) is 21.1 Å². The van der Waals surface area contributed by atoms with Gasteiger partial charge in [0.1, 0.15) is 23.7 Å². The summed E-state index contributed by atoms with van der Waals surface area (Å²) in [4.78, 5) is 110. The minimum absolute atomic E-state index is 0.00631. The van der Waals surface area contributed by atoms with Gasteiger partial charge in [-0.2, -0.15) is 0 Å². The van der Waals surface area contributed by atoms with E-state index >= 15 is 0 Å². The minimum atomic E-state index is -0.824. The Morgan fingerprint density at radius 3 is 1.39 bits per heavy atom. The minimum Gasteiger partial charge on any atom is -0.481 e. The van der Waals surface area contributed by atoms with Crippen LogP contribution in [0.4, 0.5) is 0 Å². The molecule has 0 aromatic carbocycles. The van der Waals surface area contributed by atoms with E-state index in [-0.39, 0.29) is 118 Å². The quantitative estimate of drug-likeness (QED) is 0.0542. The molecule has 0 saturated carbocycles. The Balaban J connectivity index is -0.000000723. The summed E-state index contributed by atoms with van der Waals surface area (Å²) in [7, 11) is 2.63. The molecule has 0 radical (unpaired) electrons. The number of Topliss-reactive ketones (excluding diaryl/α,β-unsaturated/α-hetero) is 3. The number of rotatable bonds is 23. The highest BCUT2D eigenvalue weighted by Gasteiger charge is 2.17. The summed E-state index contributed by atoms with van der Waals surface area (Å²) in [6, 6.07) is 0. The standard InChI is InChI=1S/C15H24N2O6.C11H20N2O4.C7H12O4/c1-11(18)9-16-14(21)8-7-12(19)10-17-13(20)5-3-4-6-15(22)23-2;1-11(2,3)17-10(16)7-13-9(15)5-4-8(14)6-12;1-11-7(10)5-3-2-4-6(8)9/h3-10H2,1-2H3,(H,16,21)(H,17,20);4-7,12H2,1-3H3,(H,13,15);2-5H2,1H3,(H,8,9). The lowest BCUT2D eigenvalue weighted by molar-refractivity contribution is -0.154. The highest BCUT2D eigenvalue weighted by Crippen LogP contribution is 2.06. The molecule has 292 valence electrons. The summed E-state index contributed by atoms with van der Waals surface area (Å²) < 4.78 is 13.8. The van der Waals surface area contributed by atoms with Gasteiger partial charge >= 0.3 is 23.9 Å². The fraction of sp³-hybridized carbons (Fsp3) is 0.697. The van der Waals surface area contributed by atoms with Crippen LogP contribution in [0.3, 0.4) is 0 Å². The molecule has 6 N–H and O–H groups in total. The normalized spacial score (nSPS) is 10.0. The van der Waals surface area contributed by atoms with Crippen molar-refractivity contribution < 1.29 is 67.3 Å². The number of unbranched alkanes of at least 4 members (excludes halogenated alkanes) is 2. The lowest BCUT2D eigenvalue weighted by Crippen LogP contribution is -2.34.